The van der Waals surface area contributed by atoms with Gasteiger partial charge in [-0.05, 0) is 72.4 Å². The van der Waals surface area contributed by atoms with Crippen LogP contribution < -0.4 is 5.32 Å². The lowest BCUT2D eigenvalue weighted by atomic mass is 10.1. The summed E-state index contributed by atoms with van der Waals surface area (Å²) in [5, 5.41) is 3.42. The van der Waals surface area contributed by atoms with Crippen molar-refractivity contribution in [3.63, 3.8) is 0 Å². The summed E-state index contributed by atoms with van der Waals surface area (Å²) >= 11 is 3.22. The molecule has 0 aliphatic rings. The Labute approximate surface area is 124 Å². The summed E-state index contributed by atoms with van der Waals surface area (Å²) in [4.78, 5) is 0. The molecule has 1 aromatic rings. The van der Waals surface area contributed by atoms with Crippen LogP contribution in [0.2, 0.25) is 0 Å². The minimum absolute atomic E-state index is 0.205. The van der Waals surface area contributed by atoms with Gasteiger partial charge in [0.15, 0.2) is 0 Å². The van der Waals surface area contributed by atoms with Crippen molar-refractivity contribution in [2.45, 2.75) is 33.6 Å². The van der Waals surface area contributed by atoms with Gasteiger partial charge in [0.25, 0.3) is 0 Å². The third-order valence-electron chi connectivity index (χ3n) is 2.83. The Balaban J connectivity index is 2.37. The number of hydrogen-bond donors (Lipinski definition) is 1. The molecule has 0 fully saturated rings. The molecule has 0 aliphatic heterocycles. The molecular formula is C16H23BrFN. The van der Waals surface area contributed by atoms with E-state index >= 15 is 0 Å². The summed E-state index contributed by atoms with van der Waals surface area (Å²) < 4.78 is 13.7. The molecule has 0 spiro atoms. The van der Waals surface area contributed by atoms with Crippen molar-refractivity contribution in [1.82, 2.24) is 5.32 Å². The van der Waals surface area contributed by atoms with E-state index in [-0.39, 0.29) is 5.82 Å². The fourth-order valence-corrected chi connectivity index (χ4v) is 2.28. The molecule has 0 saturated heterocycles. The van der Waals surface area contributed by atoms with E-state index in [0.717, 1.165) is 31.5 Å². The summed E-state index contributed by atoms with van der Waals surface area (Å²) in [5.74, 6) is 0.491. The smallest absolute Gasteiger partial charge is 0.137 e. The Hall–Kier alpha value is -0.670. The van der Waals surface area contributed by atoms with Crippen molar-refractivity contribution in [3.05, 3.63) is 45.7 Å². The molecule has 1 rings (SSSR count). The molecule has 0 aromatic heterocycles. The summed E-state index contributed by atoms with van der Waals surface area (Å²) in [5.41, 5.74) is 2.46. The van der Waals surface area contributed by atoms with E-state index in [9.17, 15) is 4.39 Å². The van der Waals surface area contributed by atoms with E-state index in [2.05, 4.69) is 48.1 Å². The lowest BCUT2D eigenvalue weighted by molar-refractivity contribution is 0.556. The average molecular weight is 328 g/mol. The van der Waals surface area contributed by atoms with E-state index in [4.69, 9.17) is 0 Å². The first-order chi connectivity index (χ1) is 8.99. The molecule has 19 heavy (non-hydrogen) atoms. The van der Waals surface area contributed by atoms with Crippen molar-refractivity contribution >= 4 is 15.9 Å². The van der Waals surface area contributed by atoms with Gasteiger partial charge in [0.05, 0.1) is 4.47 Å². The van der Waals surface area contributed by atoms with Gasteiger partial charge >= 0.3 is 0 Å². The summed E-state index contributed by atoms with van der Waals surface area (Å²) in [6, 6.07) is 5.20. The number of rotatable bonds is 7. The predicted octanol–water partition coefficient (Wildman–Crippen LogP) is 4.71. The highest BCUT2D eigenvalue weighted by Gasteiger charge is 2.01. The van der Waals surface area contributed by atoms with Gasteiger partial charge in [0.1, 0.15) is 5.82 Å². The van der Waals surface area contributed by atoms with Crippen LogP contribution in [0.3, 0.4) is 0 Å². The molecule has 0 aliphatic carbocycles. The number of benzene rings is 1. The van der Waals surface area contributed by atoms with Crippen LogP contribution in [0.15, 0.2) is 34.3 Å². The van der Waals surface area contributed by atoms with Crippen LogP contribution in [-0.2, 0) is 6.42 Å². The zero-order valence-electron chi connectivity index (χ0n) is 12.0. The van der Waals surface area contributed by atoms with Gasteiger partial charge in [0.2, 0.25) is 0 Å². The molecule has 0 radical (unpaired) electrons. The first-order valence-corrected chi connectivity index (χ1v) is 7.58. The second-order valence-electron chi connectivity index (χ2n) is 5.36. The Kier molecular flexibility index (Phi) is 7.32. The third-order valence-corrected chi connectivity index (χ3v) is 3.44. The fourth-order valence-electron chi connectivity index (χ4n) is 1.86. The van der Waals surface area contributed by atoms with Gasteiger partial charge in [-0.15, -0.1) is 0 Å². The van der Waals surface area contributed by atoms with Gasteiger partial charge in [-0.2, -0.15) is 0 Å². The van der Waals surface area contributed by atoms with E-state index in [0.29, 0.717) is 10.4 Å². The second kappa shape index (κ2) is 8.49. The van der Waals surface area contributed by atoms with Crippen LogP contribution >= 0.6 is 15.9 Å². The second-order valence-corrected chi connectivity index (χ2v) is 6.22. The summed E-state index contributed by atoms with van der Waals surface area (Å²) in [7, 11) is 0. The van der Waals surface area contributed by atoms with Crippen LogP contribution in [0.4, 0.5) is 4.39 Å². The monoisotopic (exact) mass is 327 g/mol. The highest BCUT2D eigenvalue weighted by Crippen LogP contribution is 2.18. The maximum atomic E-state index is 13.1. The molecule has 0 heterocycles. The van der Waals surface area contributed by atoms with Gasteiger partial charge in [-0.25, -0.2) is 4.39 Å². The highest BCUT2D eigenvalue weighted by atomic mass is 79.9. The topological polar surface area (TPSA) is 12.0 Å². The average Bonchev–Trinajstić information content (AvgIpc) is 2.33. The Bertz CT molecular complexity index is 427. The minimum atomic E-state index is -0.205. The maximum absolute atomic E-state index is 13.1. The fraction of sp³-hybridized carbons (Fsp3) is 0.500. The molecule has 0 atom stereocenters. The number of allylic oxidation sites excluding steroid dienone is 1. The first-order valence-electron chi connectivity index (χ1n) is 6.79. The van der Waals surface area contributed by atoms with Crippen LogP contribution in [-0.4, -0.2) is 13.1 Å². The van der Waals surface area contributed by atoms with Crippen molar-refractivity contribution in [1.29, 1.82) is 0 Å². The zero-order chi connectivity index (χ0) is 14.3. The third kappa shape index (κ3) is 6.88. The van der Waals surface area contributed by atoms with E-state index in [1.54, 1.807) is 0 Å². The molecule has 0 unspecified atom stereocenters. The molecule has 106 valence electrons. The lowest BCUT2D eigenvalue weighted by Gasteiger charge is -2.06. The number of hydrogen-bond acceptors (Lipinski definition) is 1. The van der Waals surface area contributed by atoms with Crippen LogP contribution in [0.1, 0.15) is 32.8 Å². The zero-order valence-corrected chi connectivity index (χ0v) is 13.6. The SMILES string of the molecule is CC(=CCCNCC(C)C)Cc1ccc(F)c(Br)c1. The van der Waals surface area contributed by atoms with Gasteiger partial charge in [-0.1, -0.05) is 31.6 Å². The van der Waals surface area contributed by atoms with Gasteiger partial charge in [0, 0.05) is 0 Å². The van der Waals surface area contributed by atoms with Crippen LogP contribution in [0.5, 0.6) is 0 Å². The Morgan fingerprint density at radius 1 is 1.42 bits per heavy atom. The maximum Gasteiger partial charge on any atom is 0.137 e. The number of nitrogens with one attached hydrogen (secondary N) is 1. The van der Waals surface area contributed by atoms with Gasteiger partial charge in [-0.3, -0.25) is 0 Å². The number of halogens is 2. The summed E-state index contributed by atoms with van der Waals surface area (Å²) in [6.07, 6.45) is 4.18. The van der Waals surface area contributed by atoms with E-state index < -0.39 is 0 Å². The predicted molar refractivity (Wildman–Crippen MR) is 83.9 cm³/mol. The minimum Gasteiger partial charge on any atom is -0.316 e. The molecular weight excluding hydrogens is 305 g/mol. The molecule has 1 aromatic carbocycles. The summed E-state index contributed by atoms with van der Waals surface area (Å²) in [6.45, 7) is 8.63. The Morgan fingerprint density at radius 3 is 2.79 bits per heavy atom. The van der Waals surface area contributed by atoms with Gasteiger partial charge < -0.3 is 5.32 Å². The lowest BCUT2D eigenvalue weighted by Crippen LogP contribution is -2.20. The molecule has 1 N–H and O–H groups in total. The quantitative estimate of drug-likeness (QED) is 0.564. The van der Waals surface area contributed by atoms with Crippen molar-refractivity contribution in [2.24, 2.45) is 5.92 Å². The highest BCUT2D eigenvalue weighted by molar-refractivity contribution is 9.10. The largest absolute Gasteiger partial charge is 0.316 e. The molecule has 1 nitrogen and oxygen atoms in total. The van der Waals surface area contributed by atoms with E-state index in [1.165, 1.54) is 11.6 Å². The molecule has 3 heteroatoms. The molecule has 0 amide bonds. The Morgan fingerprint density at radius 2 is 2.16 bits per heavy atom. The normalized spacial score (nSPS) is 12.2. The molecule has 0 saturated carbocycles. The molecule has 0 bridgehead atoms. The standard InChI is InChI=1S/C16H23BrFN/c1-12(2)11-19-8-4-5-13(3)9-14-6-7-16(18)15(17)10-14/h5-7,10,12,19H,4,8-9,11H2,1-3H3. The van der Waals surface area contributed by atoms with Crippen molar-refractivity contribution < 1.29 is 4.39 Å². The van der Waals surface area contributed by atoms with Crippen LogP contribution in [0.25, 0.3) is 0 Å². The first kappa shape index (κ1) is 16.4. The van der Waals surface area contributed by atoms with Crippen LogP contribution in [0, 0.1) is 11.7 Å². The van der Waals surface area contributed by atoms with E-state index in [1.807, 2.05) is 12.1 Å². The van der Waals surface area contributed by atoms with Crippen molar-refractivity contribution in [3.8, 4) is 0 Å². The van der Waals surface area contributed by atoms with Crippen molar-refractivity contribution in [2.75, 3.05) is 13.1 Å².